The van der Waals surface area contributed by atoms with E-state index in [-0.39, 0.29) is 0 Å². The lowest BCUT2D eigenvalue weighted by molar-refractivity contribution is 0.577. The molecule has 0 saturated heterocycles. The van der Waals surface area contributed by atoms with Crippen LogP contribution in [0.1, 0.15) is 0 Å². The average molecular weight is 616 g/mol. The molecule has 0 saturated carbocycles. The van der Waals surface area contributed by atoms with Gasteiger partial charge >= 0.3 is 6.01 Å². The Bertz CT molecular complexity index is 3070. The minimum absolute atomic E-state index is 0.533. The number of benzene rings is 7. The van der Waals surface area contributed by atoms with Crippen LogP contribution < -0.4 is 0 Å². The normalized spacial score (nSPS) is 12.2. The third-order valence-electron chi connectivity index (χ3n) is 9.77. The van der Waals surface area contributed by atoms with Gasteiger partial charge in [-0.1, -0.05) is 97.1 Å². The second-order valence-corrected chi connectivity index (χ2v) is 12.4. The fourth-order valence-electron chi connectivity index (χ4n) is 7.74. The maximum Gasteiger partial charge on any atom is 0.307 e. The Morgan fingerprint density at radius 2 is 1.15 bits per heavy atom. The van der Waals surface area contributed by atoms with Gasteiger partial charge in [-0.3, -0.25) is 4.57 Å². The summed E-state index contributed by atoms with van der Waals surface area (Å²) in [6.45, 7) is 0. The summed E-state index contributed by atoms with van der Waals surface area (Å²) in [5.74, 6) is 0. The highest BCUT2D eigenvalue weighted by atomic mass is 16.4. The van der Waals surface area contributed by atoms with Gasteiger partial charge < -0.3 is 13.4 Å². The fourth-order valence-corrected chi connectivity index (χ4v) is 7.74. The maximum absolute atomic E-state index is 6.70. The average Bonchev–Trinajstić information content (AvgIpc) is 3.90. The van der Waals surface area contributed by atoms with E-state index in [0.29, 0.717) is 6.01 Å². The lowest BCUT2D eigenvalue weighted by Gasteiger charge is -2.10. The van der Waals surface area contributed by atoms with E-state index < -0.39 is 0 Å². The number of oxazole rings is 1. The van der Waals surface area contributed by atoms with Gasteiger partial charge in [0.1, 0.15) is 16.7 Å². The van der Waals surface area contributed by atoms with Crippen molar-refractivity contribution in [3.8, 4) is 22.8 Å². The predicted molar refractivity (Wildman–Crippen MR) is 195 cm³/mol. The molecule has 0 aliphatic carbocycles. The molecule has 0 radical (unpaired) electrons. The first-order valence-electron chi connectivity index (χ1n) is 16.1. The number of para-hydroxylation sites is 4. The van der Waals surface area contributed by atoms with E-state index in [0.717, 1.165) is 71.7 Å². The van der Waals surface area contributed by atoms with Crippen molar-refractivity contribution in [1.29, 1.82) is 0 Å². The molecule has 224 valence electrons. The van der Waals surface area contributed by atoms with Crippen molar-refractivity contribution in [2.24, 2.45) is 0 Å². The molecule has 0 N–H and O–H groups in total. The molecule has 0 fully saturated rings. The first-order valence-corrected chi connectivity index (χ1v) is 16.1. The van der Waals surface area contributed by atoms with Crippen LogP contribution in [0.15, 0.2) is 160 Å². The monoisotopic (exact) mass is 615 g/mol. The molecule has 0 spiro atoms. The predicted octanol–water partition coefficient (Wildman–Crippen LogP) is 11.6. The molecule has 0 bridgehead atoms. The van der Waals surface area contributed by atoms with E-state index in [4.69, 9.17) is 13.8 Å². The number of hydrogen-bond acceptors (Lipinski definition) is 3. The summed E-state index contributed by atoms with van der Waals surface area (Å²) in [7, 11) is 0. The molecule has 0 unspecified atom stereocenters. The molecular weight excluding hydrogens is 590 g/mol. The van der Waals surface area contributed by atoms with Gasteiger partial charge in [-0.2, -0.15) is 4.98 Å². The van der Waals surface area contributed by atoms with E-state index in [1.807, 2.05) is 30.3 Å². The number of fused-ring (bicyclic) bond motifs is 11. The highest BCUT2D eigenvalue weighted by Crippen LogP contribution is 2.42. The number of furan rings is 1. The van der Waals surface area contributed by atoms with Gasteiger partial charge in [-0.05, 0) is 65.7 Å². The standard InChI is InChI=1S/C43H25N3O2/c1-2-11-27(12-3-1)45-34-17-7-4-13-29(34)30-22-21-26(25-37(30)45)28-16-10-19-36-40(28)31-14-5-8-18-35(31)46(36)43-44-33-23-24-39-41(42(33)48-43)32-15-6-9-20-38(32)47-39/h1-25H. The minimum atomic E-state index is 0.533. The SMILES string of the molecule is c1ccc(-n2c3ccccc3c3ccc(-c4cccc5c4c4ccccc4n5-c4nc5ccc6oc7ccccc7c6c5o4)cc32)cc1. The van der Waals surface area contributed by atoms with Crippen LogP contribution >= 0.6 is 0 Å². The zero-order valence-electron chi connectivity index (χ0n) is 25.6. The summed E-state index contributed by atoms with van der Waals surface area (Å²) in [5, 5.41) is 6.76. The van der Waals surface area contributed by atoms with Gasteiger partial charge in [0.15, 0.2) is 5.58 Å². The zero-order valence-corrected chi connectivity index (χ0v) is 25.6. The fraction of sp³-hybridized carbons (Fsp3) is 0. The van der Waals surface area contributed by atoms with Gasteiger partial charge in [-0.25, -0.2) is 0 Å². The van der Waals surface area contributed by atoms with Crippen molar-refractivity contribution in [1.82, 2.24) is 14.1 Å². The quantitative estimate of drug-likeness (QED) is 0.199. The van der Waals surface area contributed by atoms with Crippen LogP contribution in [0.25, 0.3) is 99.5 Å². The van der Waals surface area contributed by atoms with E-state index in [2.05, 4.69) is 130 Å². The summed E-state index contributed by atoms with van der Waals surface area (Å²) < 4.78 is 17.4. The Morgan fingerprint density at radius 1 is 0.438 bits per heavy atom. The Labute approximate surface area is 273 Å². The zero-order chi connectivity index (χ0) is 31.3. The van der Waals surface area contributed by atoms with Crippen molar-refractivity contribution < 1.29 is 8.83 Å². The first kappa shape index (κ1) is 25.6. The Morgan fingerprint density at radius 3 is 2.02 bits per heavy atom. The summed E-state index contributed by atoms with van der Waals surface area (Å²) in [4.78, 5) is 5.06. The van der Waals surface area contributed by atoms with Crippen LogP contribution in [-0.2, 0) is 0 Å². The Hall–Kier alpha value is -6.59. The Kier molecular flexibility index (Phi) is 5.05. The van der Waals surface area contributed by atoms with Gasteiger partial charge in [-0.15, -0.1) is 0 Å². The van der Waals surface area contributed by atoms with Gasteiger partial charge in [0.2, 0.25) is 0 Å². The van der Waals surface area contributed by atoms with Gasteiger partial charge in [0.25, 0.3) is 0 Å². The molecule has 0 aliphatic heterocycles. The molecule has 0 aliphatic rings. The highest BCUT2D eigenvalue weighted by molar-refractivity contribution is 6.18. The first-order chi connectivity index (χ1) is 23.8. The smallest absolute Gasteiger partial charge is 0.307 e. The van der Waals surface area contributed by atoms with E-state index in [1.165, 1.54) is 21.8 Å². The van der Waals surface area contributed by atoms with Crippen LogP contribution in [0.4, 0.5) is 0 Å². The van der Waals surface area contributed by atoms with Crippen LogP contribution in [0.2, 0.25) is 0 Å². The third-order valence-corrected chi connectivity index (χ3v) is 9.77. The lowest BCUT2D eigenvalue weighted by atomic mass is 9.98. The van der Waals surface area contributed by atoms with Crippen molar-refractivity contribution >= 4 is 76.6 Å². The van der Waals surface area contributed by atoms with Crippen LogP contribution in [0, 0.1) is 0 Å². The molecule has 48 heavy (non-hydrogen) atoms. The number of aromatic nitrogens is 3. The minimum Gasteiger partial charge on any atom is -0.456 e. The van der Waals surface area contributed by atoms with E-state index in [9.17, 15) is 0 Å². The van der Waals surface area contributed by atoms with Crippen LogP contribution in [0.5, 0.6) is 0 Å². The van der Waals surface area contributed by atoms with Crippen molar-refractivity contribution in [2.75, 3.05) is 0 Å². The molecule has 4 aromatic heterocycles. The highest BCUT2D eigenvalue weighted by Gasteiger charge is 2.22. The number of nitrogens with zero attached hydrogens (tertiary/aromatic N) is 3. The summed E-state index contributed by atoms with van der Waals surface area (Å²) in [6.07, 6.45) is 0. The number of rotatable bonds is 3. The molecule has 5 heteroatoms. The molecule has 5 nitrogen and oxygen atoms in total. The second kappa shape index (κ2) is 9.47. The molecular formula is C43H25N3O2. The molecule has 0 atom stereocenters. The molecule has 0 amide bonds. The van der Waals surface area contributed by atoms with Crippen molar-refractivity contribution in [3.05, 3.63) is 152 Å². The Balaban J connectivity index is 1.18. The largest absolute Gasteiger partial charge is 0.456 e. The molecule has 11 rings (SSSR count). The second-order valence-electron chi connectivity index (χ2n) is 12.4. The molecule has 4 heterocycles. The number of hydrogen-bond donors (Lipinski definition) is 0. The summed E-state index contributed by atoms with van der Waals surface area (Å²) >= 11 is 0. The molecule has 11 aromatic rings. The van der Waals surface area contributed by atoms with Gasteiger partial charge in [0, 0.05) is 32.6 Å². The van der Waals surface area contributed by atoms with Crippen molar-refractivity contribution in [2.45, 2.75) is 0 Å². The summed E-state index contributed by atoms with van der Waals surface area (Å²) in [5.41, 5.74) is 11.1. The van der Waals surface area contributed by atoms with E-state index in [1.54, 1.807) is 0 Å². The van der Waals surface area contributed by atoms with Gasteiger partial charge in [0.05, 0.1) is 27.5 Å². The summed E-state index contributed by atoms with van der Waals surface area (Å²) in [6, 6.07) is 53.7. The van der Waals surface area contributed by atoms with Crippen LogP contribution in [-0.4, -0.2) is 14.1 Å². The topological polar surface area (TPSA) is 49.0 Å². The van der Waals surface area contributed by atoms with E-state index >= 15 is 0 Å². The lowest BCUT2D eigenvalue weighted by Crippen LogP contribution is -1.94. The maximum atomic E-state index is 6.70. The molecule has 7 aromatic carbocycles. The third kappa shape index (κ3) is 3.42. The van der Waals surface area contributed by atoms with Crippen LogP contribution in [0.3, 0.4) is 0 Å². The van der Waals surface area contributed by atoms with Crippen molar-refractivity contribution in [3.63, 3.8) is 0 Å².